The number of H-pyrrole nitrogens is 1. The molecule has 1 saturated heterocycles. The minimum absolute atomic E-state index is 0.00438. The Morgan fingerprint density at radius 3 is 2.93 bits per heavy atom. The van der Waals surface area contributed by atoms with Crippen LogP contribution >= 0.6 is 11.6 Å². The first-order valence-electron chi connectivity index (χ1n) is 10.2. The number of Topliss-reactive ketones (excluding diaryl/α,β-unsaturated/α-hetero) is 1. The van der Waals surface area contributed by atoms with Gasteiger partial charge in [0.2, 0.25) is 0 Å². The molecule has 0 amide bonds. The average Bonchev–Trinajstić information content (AvgIpc) is 3.39. The van der Waals surface area contributed by atoms with Crippen LogP contribution in [-0.2, 0) is 4.79 Å². The number of pyridine rings is 1. The lowest BCUT2D eigenvalue weighted by Crippen LogP contribution is -2.28. The first-order valence-corrected chi connectivity index (χ1v) is 10.6. The Labute approximate surface area is 179 Å². The number of rotatable bonds is 8. The number of nitrogens with one attached hydrogen (secondary N) is 2. The molecule has 7 nitrogen and oxygen atoms in total. The smallest absolute Gasteiger partial charge is 0.183 e. The fraction of sp³-hybridized carbons (Fsp3) is 0.429. The summed E-state index contributed by atoms with van der Waals surface area (Å²) in [5, 5.41) is 4.13. The number of hydrogen-bond acceptors (Lipinski definition) is 6. The molecule has 158 valence electrons. The van der Waals surface area contributed by atoms with E-state index in [4.69, 9.17) is 11.6 Å². The number of likely N-dealkylation sites (tertiary alicyclic amines) is 1. The van der Waals surface area contributed by atoms with Crippen LogP contribution in [0.2, 0.25) is 5.02 Å². The van der Waals surface area contributed by atoms with Crippen LogP contribution in [0.1, 0.15) is 32.6 Å². The lowest BCUT2D eigenvalue weighted by Gasteiger charge is -2.16. The zero-order chi connectivity index (χ0) is 21.1. The van der Waals surface area contributed by atoms with E-state index in [1.165, 1.54) is 12.8 Å². The van der Waals surface area contributed by atoms with Crippen molar-refractivity contribution in [3.63, 3.8) is 0 Å². The van der Waals surface area contributed by atoms with Gasteiger partial charge in [-0.3, -0.25) is 4.79 Å². The van der Waals surface area contributed by atoms with E-state index in [9.17, 15) is 9.18 Å². The molecule has 1 aliphatic rings. The highest BCUT2D eigenvalue weighted by Gasteiger charge is 2.19. The summed E-state index contributed by atoms with van der Waals surface area (Å²) in [4.78, 5) is 30.5. The fourth-order valence-electron chi connectivity index (χ4n) is 3.75. The van der Waals surface area contributed by atoms with Gasteiger partial charge in [-0.05, 0) is 51.9 Å². The van der Waals surface area contributed by atoms with Gasteiger partial charge in [-0.25, -0.2) is 19.3 Å². The van der Waals surface area contributed by atoms with Crippen molar-refractivity contribution in [2.75, 3.05) is 25.0 Å². The number of fused-ring (bicyclic) bond motifs is 1. The van der Waals surface area contributed by atoms with E-state index in [0.717, 1.165) is 37.6 Å². The number of carbonyl (C=O) groups excluding carboxylic acids is 1. The molecule has 4 rings (SSSR count). The van der Waals surface area contributed by atoms with Gasteiger partial charge in [0.1, 0.15) is 5.65 Å². The highest BCUT2D eigenvalue weighted by molar-refractivity contribution is 6.31. The molecule has 1 atom stereocenters. The van der Waals surface area contributed by atoms with E-state index < -0.39 is 11.9 Å². The lowest BCUT2D eigenvalue weighted by atomic mass is 10.1. The van der Waals surface area contributed by atoms with Crippen molar-refractivity contribution in [2.45, 2.75) is 38.6 Å². The van der Waals surface area contributed by atoms with Gasteiger partial charge in [0.05, 0.1) is 17.3 Å². The first kappa shape index (κ1) is 20.7. The van der Waals surface area contributed by atoms with Crippen molar-refractivity contribution < 1.29 is 9.18 Å². The third-order valence-corrected chi connectivity index (χ3v) is 5.62. The minimum atomic E-state index is -0.605. The van der Waals surface area contributed by atoms with Crippen LogP contribution in [0.4, 0.5) is 10.2 Å². The van der Waals surface area contributed by atoms with Crippen LogP contribution in [0.25, 0.3) is 22.4 Å². The van der Waals surface area contributed by atoms with Gasteiger partial charge in [-0.2, -0.15) is 0 Å². The van der Waals surface area contributed by atoms with Crippen LogP contribution in [0.5, 0.6) is 0 Å². The summed E-state index contributed by atoms with van der Waals surface area (Å²) in [6.07, 6.45) is 8.09. The molecule has 9 heteroatoms. The Bertz CT molecular complexity index is 1050. The highest BCUT2D eigenvalue weighted by Crippen LogP contribution is 2.28. The van der Waals surface area contributed by atoms with Gasteiger partial charge < -0.3 is 15.2 Å². The summed E-state index contributed by atoms with van der Waals surface area (Å²) < 4.78 is 14.3. The number of aromatic amines is 1. The molecule has 0 aliphatic carbocycles. The summed E-state index contributed by atoms with van der Waals surface area (Å²) in [6, 6.07) is 1.21. The number of aromatic nitrogens is 4. The van der Waals surface area contributed by atoms with Crippen LogP contribution in [0.3, 0.4) is 0 Å². The molecule has 2 N–H and O–H groups in total. The largest absolute Gasteiger partial charge is 0.358 e. The molecule has 0 radical (unpaired) electrons. The Morgan fingerprint density at radius 2 is 2.13 bits per heavy atom. The summed E-state index contributed by atoms with van der Waals surface area (Å²) in [5.41, 5.74) is 1.30. The van der Waals surface area contributed by atoms with Crippen molar-refractivity contribution in [1.82, 2.24) is 24.8 Å². The summed E-state index contributed by atoms with van der Waals surface area (Å²) >= 11 is 6.05. The van der Waals surface area contributed by atoms with Crippen LogP contribution in [0, 0.1) is 5.82 Å². The van der Waals surface area contributed by atoms with E-state index in [1.807, 2.05) is 0 Å². The van der Waals surface area contributed by atoms with Gasteiger partial charge in [0.25, 0.3) is 0 Å². The number of anilines is 1. The number of ketones is 1. The van der Waals surface area contributed by atoms with E-state index >= 15 is 0 Å². The molecule has 0 saturated carbocycles. The maximum atomic E-state index is 14.3. The van der Waals surface area contributed by atoms with Crippen molar-refractivity contribution in [3.05, 3.63) is 35.5 Å². The summed E-state index contributed by atoms with van der Waals surface area (Å²) in [7, 11) is 0. The predicted octanol–water partition coefficient (Wildman–Crippen LogP) is 4.06. The number of nitrogens with zero attached hydrogens (tertiary/aromatic N) is 4. The van der Waals surface area contributed by atoms with Gasteiger partial charge in [0.15, 0.2) is 23.2 Å². The number of hydrogen-bond donors (Lipinski definition) is 2. The zero-order valence-electron chi connectivity index (χ0n) is 16.8. The molecule has 0 bridgehead atoms. The maximum Gasteiger partial charge on any atom is 0.183 e. The molecular weight excluding hydrogens is 407 g/mol. The average molecular weight is 431 g/mol. The van der Waals surface area contributed by atoms with Crippen LogP contribution < -0.4 is 5.32 Å². The summed E-state index contributed by atoms with van der Waals surface area (Å²) in [5.74, 6) is -0.240. The molecule has 0 unspecified atom stereocenters. The number of carbonyl (C=O) groups is 1. The van der Waals surface area contributed by atoms with Crippen LogP contribution in [-0.4, -0.2) is 56.3 Å². The Hall–Kier alpha value is -2.58. The monoisotopic (exact) mass is 430 g/mol. The molecule has 30 heavy (non-hydrogen) atoms. The molecule has 0 aromatic carbocycles. The number of halogens is 2. The third kappa shape index (κ3) is 4.60. The fourth-order valence-corrected chi connectivity index (χ4v) is 3.90. The van der Waals surface area contributed by atoms with Gasteiger partial charge in [-0.1, -0.05) is 11.6 Å². The van der Waals surface area contributed by atoms with Crippen molar-refractivity contribution in [2.24, 2.45) is 0 Å². The van der Waals surface area contributed by atoms with Gasteiger partial charge in [0, 0.05) is 29.8 Å². The Balaban J connectivity index is 1.45. The molecular formula is C21H24ClFN6O. The lowest BCUT2D eigenvalue weighted by molar-refractivity contribution is -0.119. The van der Waals surface area contributed by atoms with Crippen molar-refractivity contribution >= 4 is 34.2 Å². The molecule has 1 aliphatic heterocycles. The predicted molar refractivity (Wildman–Crippen MR) is 115 cm³/mol. The van der Waals surface area contributed by atoms with Gasteiger partial charge in [-0.15, -0.1) is 0 Å². The molecule has 3 aromatic rings. The minimum Gasteiger partial charge on any atom is -0.358 e. The standard InChI is InChI=1S/C21H24ClFN6O/c1-13(18(30)5-4-8-29-6-2-3-7-29)27-21-17(23)12-26-20(28-21)16-11-25-19-15(16)9-14(22)10-24-19/h9-13H,2-8H2,1H3,(H,24,25)(H,26,27,28)/t13-/m0/s1. The van der Waals surface area contributed by atoms with Crippen molar-refractivity contribution in [1.29, 1.82) is 0 Å². The normalized spacial score (nSPS) is 15.6. The second-order valence-electron chi connectivity index (χ2n) is 7.63. The van der Waals surface area contributed by atoms with E-state index in [2.05, 4.69) is 30.2 Å². The topological polar surface area (TPSA) is 86.8 Å². The van der Waals surface area contributed by atoms with E-state index in [1.54, 1.807) is 25.4 Å². The highest BCUT2D eigenvalue weighted by atomic mass is 35.5. The molecule has 3 aromatic heterocycles. The third-order valence-electron chi connectivity index (χ3n) is 5.42. The van der Waals surface area contributed by atoms with Gasteiger partial charge >= 0.3 is 0 Å². The Morgan fingerprint density at radius 1 is 1.33 bits per heavy atom. The quantitative estimate of drug-likeness (QED) is 0.560. The Kier molecular flexibility index (Phi) is 6.24. The summed E-state index contributed by atoms with van der Waals surface area (Å²) in [6.45, 7) is 4.90. The second-order valence-corrected chi connectivity index (χ2v) is 8.06. The van der Waals surface area contributed by atoms with Crippen molar-refractivity contribution in [3.8, 4) is 11.4 Å². The maximum absolute atomic E-state index is 14.3. The SMILES string of the molecule is C[C@H](Nc1nc(-c2c[nH]c3ncc(Cl)cc23)ncc1F)C(=O)CCCN1CCCC1. The van der Waals surface area contributed by atoms with Crippen LogP contribution in [0.15, 0.2) is 24.7 Å². The molecule has 4 heterocycles. The first-order chi connectivity index (χ1) is 14.5. The molecule has 1 fully saturated rings. The van der Waals surface area contributed by atoms with E-state index in [0.29, 0.717) is 28.5 Å². The molecule has 0 spiro atoms. The second kappa shape index (κ2) is 9.06. The van der Waals surface area contributed by atoms with E-state index in [-0.39, 0.29) is 11.6 Å². The zero-order valence-corrected chi connectivity index (χ0v) is 17.5.